The smallest absolute Gasteiger partial charge is 0.207 e. The SMILES string of the molecule is C1=CC(CCOc2ccc(OCCC3C=Cc4ccccc43)c(OCCC3C=Cc4ccccc43)c2OCCC2C=Cc3ccccc32)c2ccccc21. The van der Waals surface area contributed by atoms with Crippen LogP contribution in [0.15, 0.2) is 133 Å². The summed E-state index contributed by atoms with van der Waals surface area (Å²) in [5.41, 5.74) is 10.6. The fraction of sp³-hybridized carbons (Fsp3) is 0.240. The Hall–Kier alpha value is -5.74. The van der Waals surface area contributed by atoms with E-state index in [0.717, 1.165) is 25.7 Å². The lowest BCUT2D eigenvalue weighted by molar-refractivity contribution is 0.219. The van der Waals surface area contributed by atoms with Gasteiger partial charge in [0, 0.05) is 23.7 Å². The van der Waals surface area contributed by atoms with Gasteiger partial charge in [-0.05, 0) is 82.3 Å². The molecule has 0 amide bonds. The molecule has 9 rings (SSSR count). The monoisotopic (exact) mass is 710 g/mol. The van der Waals surface area contributed by atoms with Crippen molar-refractivity contribution in [2.45, 2.75) is 49.4 Å². The summed E-state index contributed by atoms with van der Waals surface area (Å²) in [6, 6.07) is 38.5. The van der Waals surface area contributed by atoms with Crippen molar-refractivity contribution in [3.05, 3.63) is 178 Å². The van der Waals surface area contributed by atoms with E-state index >= 15 is 0 Å². The summed E-state index contributed by atoms with van der Waals surface area (Å²) in [6.45, 7) is 2.13. The minimum atomic E-state index is 0.306. The lowest BCUT2D eigenvalue weighted by atomic mass is 9.98. The van der Waals surface area contributed by atoms with E-state index in [4.69, 9.17) is 18.9 Å². The van der Waals surface area contributed by atoms with Crippen molar-refractivity contribution in [1.29, 1.82) is 0 Å². The third-order valence-corrected chi connectivity index (χ3v) is 11.4. The molecule has 54 heavy (non-hydrogen) atoms. The molecule has 4 heteroatoms. The Balaban J connectivity index is 0.959. The van der Waals surface area contributed by atoms with Crippen LogP contribution in [0.4, 0.5) is 0 Å². The molecule has 4 aliphatic carbocycles. The highest BCUT2D eigenvalue weighted by Crippen LogP contribution is 2.46. The first-order chi connectivity index (χ1) is 26.8. The van der Waals surface area contributed by atoms with Crippen LogP contribution in [-0.2, 0) is 0 Å². The molecule has 5 aromatic rings. The lowest BCUT2D eigenvalue weighted by Gasteiger charge is -2.22. The lowest BCUT2D eigenvalue weighted by Crippen LogP contribution is -2.11. The highest BCUT2D eigenvalue weighted by molar-refractivity contribution is 5.65. The molecule has 0 heterocycles. The Morgan fingerprint density at radius 3 is 0.907 bits per heavy atom. The predicted octanol–water partition coefficient (Wildman–Crippen LogP) is 12.0. The Kier molecular flexibility index (Phi) is 9.90. The fourth-order valence-corrected chi connectivity index (χ4v) is 8.50. The van der Waals surface area contributed by atoms with Crippen molar-refractivity contribution >= 4 is 24.3 Å². The minimum Gasteiger partial charge on any atom is -0.490 e. The molecule has 0 aromatic heterocycles. The normalized spacial score (nSPS) is 19.4. The average molecular weight is 711 g/mol. The molecule has 4 nitrogen and oxygen atoms in total. The molecule has 0 saturated carbocycles. The summed E-state index contributed by atoms with van der Waals surface area (Å²) in [5, 5.41) is 0. The predicted molar refractivity (Wildman–Crippen MR) is 220 cm³/mol. The molecule has 0 saturated heterocycles. The van der Waals surface area contributed by atoms with Crippen LogP contribution in [0.3, 0.4) is 0 Å². The van der Waals surface area contributed by atoms with Gasteiger partial charge in [0.25, 0.3) is 0 Å². The molecular weight excluding hydrogens is 665 g/mol. The van der Waals surface area contributed by atoms with Gasteiger partial charge in [0.05, 0.1) is 26.4 Å². The Morgan fingerprint density at radius 2 is 0.593 bits per heavy atom. The first-order valence-corrected chi connectivity index (χ1v) is 19.6. The largest absolute Gasteiger partial charge is 0.490 e. The van der Waals surface area contributed by atoms with Crippen LogP contribution in [0.2, 0.25) is 0 Å². The third kappa shape index (κ3) is 7.13. The molecule has 0 N–H and O–H groups in total. The standard InChI is InChI=1S/C50H46O4/c1-5-13-43-35(9-1)17-21-39(43)27-31-51-47-25-26-48(52-32-28-40-22-18-36-10-2-6-14-44(36)40)50(54-34-30-42-24-20-38-12-4-8-16-46(38)42)49(47)53-33-29-41-23-19-37-11-3-7-15-45(37)41/h1-26,39-42H,27-34H2. The Morgan fingerprint density at radius 1 is 0.315 bits per heavy atom. The number of fused-ring (bicyclic) bond motifs is 4. The first kappa shape index (κ1) is 34.1. The summed E-state index contributed by atoms with van der Waals surface area (Å²) in [4.78, 5) is 0. The van der Waals surface area contributed by atoms with Gasteiger partial charge in [-0.2, -0.15) is 0 Å². The van der Waals surface area contributed by atoms with Crippen molar-refractivity contribution < 1.29 is 18.9 Å². The van der Waals surface area contributed by atoms with E-state index in [1.165, 1.54) is 44.5 Å². The number of benzene rings is 5. The molecule has 0 bridgehead atoms. The van der Waals surface area contributed by atoms with Gasteiger partial charge < -0.3 is 18.9 Å². The maximum atomic E-state index is 6.77. The summed E-state index contributed by atoms with van der Waals surface area (Å²) in [6.07, 6.45) is 21.5. The van der Waals surface area contributed by atoms with Crippen LogP contribution in [0, 0.1) is 0 Å². The van der Waals surface area contributed by atoms with E-state index in [0.29, 0.717) is 73.1 Å². The topological polar surface area (TPSA) is 36.9 Å². The van der Waals surface area contributed by atoms with E-state index in [-0.39, 0.29) is 0 Å². The second kappa shape index (κ2) is 15.7. The Bertz CT molecular complexity index is 2080. The quantitative estimate of drug-likeness (QED) is 0.102. The van der Waals surface area contributed by atoms with Crippen molar-refractivity contribution in [1.82, 2.24) is 0 Å². The third-order valence-electron chi connectivity index (χ3n) is 11.4. The number of hydrogen-bond donors (Lipinski definition) is 0. The maximum Gasteiger partial charge on any atom is 0.207 e. The van der Waals surface area contributed by atoms with Gasteiger partial charge in [-0.15, -0.1) is 0 Å². The summed E-state index contributed by atoms with van der Waals surface area (Å²) >= 11 is 0. The summed E-state index contributed by atoms with van der Waals surface area (Å²) < 4.78 is 26.8. The molecule has 0 radical (unpaired) electrons. The average Bonchev–Trinajstić information content (AvgIpc) is 4.02. The fourth-order valence-electron chi connectivity index (χ4n) is 8.50. The first-order valence-electron chi connectivity index (χ1n) is 19.6. The van der Waals surface area contributed by atoms with Crippen molar-refractivity contribution in [3.63, 3.8) is 0 Å². The Labute approximate surface area is 319 Å². The number of hydrogen-bond acceptors (Lipinski definition) is 4. The second-order valence-electron chi connectivity index (χ2n) is 14.6. The maximum absolute atomic E-state index is 6.77. The van der Waals surface area contributed by atoms with Gasteiger partial charge in [-0.1, -0.05) is 146 Å². The summed E-state index contributed by atoms with van der Waals surface area (Å²) in [7, 11) is 0. The van der Waals surface area contributed by atoms with Gasteiger partial charge in [-0.25, -0.2) is 0 Å². The van der Waals surface area contributed by atoms with Crippen LogP contribution in [-0.4, -0.2) is 26.4 Å². The molecule has 4 unspecified atom stereocenters. The molecule has 0 fully saturated rings. The molecule has 4 atom stereocenters. The van der Waals surface area contributed by atoms with Crippen LogP contribution in [0.25, 0.3) is 24.3 Å². The van der Waals surface area contributed by atoms with Crippen LogP contribution < -0.4 is 18.9 Å². The zero-order valence-corrected chi connectivity index (χ0v) is 30.6. The van der Waals surface area contributed by atoms with Crippen LogP contribution in [0.1, 0.15) is 93.9 Å². The van der Waals surface area contributed by atoms with Crippen molar-refractivity contribution in [3.8, 4) is 23.0 Å². The van der Waals surface area contributed by atoms with Gasteiger partial charge >= 0.3 is 0 Å². The molecule has 0 spiro atoms. The van der Waals surface area contributed by atoms with Crippen molar-refractivity contribution in [2.75, 3.05) is 26.4 Å². The molecule has 0 aliphatic heterocycles. The zero-order valence-electron chi connectivity index (χ0n) is 30.6. The van der Waals surface area contributed by atoms with Crippen molar-refractivity contribution in [2.24, 2.45) is 0 Å². The van der Waals surface area contributed by atoms with Gasteiger partial charge in [0.15, 0.2) is 11.5 Å². The summed E-state index contributed by atoms with van der Waals surface area (Å²) in [5.74, 6) is 3.89. The second-order valence-corrected chi connectivity index (χ2v) is 14.6. The van der Waals surface area contributed by atoms with E-state index in [9.17, 15) is 0 Å². The van der Waals surface area contributed by atoms with Gasteiger partial charge in [0.1, 0.15) is 0 Å². The number of allylic oxidation sites excluding steroid dienone is 4. The van der Waals surface area contributed by atoms with E-state index in [2.05, 4.69) is 146 Å². The van der Waals surface area contributed by atoms with E-state index in [1.54, 1.807) is 0 Å². The number of rotatable bonds is 16. The van der Waals surface area contributed by atoms with E-state index < -0.39 is 0 Å². The molecule has 270 valence electrons. The molecular formula is C50H46O4. The van der Waals surface area contributed by atoms with Gasteiger partial charge in [0.2, 0.25) is 11.5 Å². The number of ether oxygens (including phenoxy) is 4. The van der Waals surface area contributed by atoms with Crippen LogP contribution >= 0.6 is 0 Å². The minimum absolute atomic E-state index is 0.306. The highest BCUT2D eigenvalue weighted by Gasteiger charge is 2.25. The van der Waals surface area contributed by atoms with Crippen LogP contribution in [0.5, 0.6) is 23.0 Å². The zero-order chi connectivity index (χ0) is 36.1. The highest BCUT2D eigenvalue weighted by atomic mass is 16.6. The molecule has 4 aliphatic rings. The van der Waals surface area contributed by atoms with E-state index in [1.807, 2.05) is 12.1 Å². The molecule has 5 aromatic carbocycles. The van der Waals surface area contributed by atoms with Gasteiger partial charge in [-0.3, -0.25) is 0 Å².